The highest BCUT2D eigenvalue weighted by molar-refractivity contribution is 7.10. The van der Waals surface area contributed by atoms with Crippen molar-refractivity contribution < 1.29 is 9.53 Å². The number of hydrogen-bond donors (Lipinski definition) is 0. The average molecular weight is 365 g/mol. The van der Waals surface area contributed by atoms with Crippen molar-refractivity contribution in [1.82, 2.24) is 9.80 Å². The summed E-state index contributed by atoms with van der Waals surface area (Å²) in [5, 5.41) is 2.19. The van der Waals surface area contributed by atoms with E-state index in [-0.39, 0.29) is 17.0 Å². The maximum absolute atomic E-state index is 12.4. The summed E-state index contributed by atoms with van der Waals surface area (Å²) < 4.78 is 5.57. The molecule has 1 amide bonds. The summed E-state index contributed by atoms with van der Waals surface area (Å²) >= 11 is 1.87. The van der Waals surface area contributed by atoms with Crippen molar-refractivity contribution in [2.24, 2.45) is 5.41 Å². The SMILES string of the molecule is CN(C)C1(c2cccs2)CCC2(CCN(C(=O)OC(C)(C)C)C2)CC1. The number of amides is 1. The van der Waals surface area contributed by atoms with Crippen LogP contribution < -0.4 is 0 Å². The molecule has 1 saturated heterocycles. The third-order valence-electron chi connectivity index (χ3n) is 6.06. The molecule has 1 aromatic rings. The van der Waals surface area contributed by atoms with Crippen LogP contribution in [0.1, 0.15) is 57.8 Å². The van der Waals surface area contributed by atoms with Gasteiger partial charge >= 0.3 is 6.09 Å². The summed E-state index contributed by atoms with van der Waals surface area (Å²) in [6, 6.07) is 4.44. The zero-order valence-corrected chi connectivity index (χ0v) is 17.1. The van der Waals surface area contributed by atoms with Crippen LogP contribution in [0.25, 0.3) is 0 Å². The fourth-order valence-corrected chi connectivity index (χ4v) is 5.54. The molecule has 0 N–H and O–H groups in total. The first kappa shape index (κ1) is 18.7. The monoisotopic (exact) mass is 364 g/mol. The van der Waals surface area contributed by atoms with E-state index in [1.54, 1.807) is 0 Å². The standard InChI is InChI=1S/C20H32N2O2S/c1-18(2,3)24-17(23)22-13-12-19(15-22)8-10-20(11-9-19,21(4)5)16-7-6-14-25-16/h6-7,14H,8-13,15H2,1-5H3. The van der Waals surface area contributed by atoms with Crippen LogP contribution >= 0.6 is 11.3 Å². The van der Waals surface area contributed by atoms with Gasteiger partial charge in [0.25, 0.3) is 0 Å². The van der Waals surface area contributed by atoms with Crippen LogP contribution in [0, 0.1) is 5.41 Å². The Bertz CT molecular complexity index is 596. The van der Waals surface area contributed by atoms with Crippen LogP contribution in [-0.2, 0) is 10.3 Å². The lowest BCUT2D eigenvalue weighted by molar-refractivity contribution is 0.0187. The van der Waals surface area contributed by atoms with E-state index in [1.807, 2.05) is 37.0 Å². The number of hydrogen-bond acceptors (Lipinski definition) is 4. The van der Waals surface area contributed by atoms with Gasteiger partial charge in [-0.1, -0.05) is 6.07 Å². The second-order valence-electron chi connectivity index (χ2n) is 9.06. The fourth-order valence-electron chi connectivity index (χ4n) is 4.48. The first-order valence-corrected chi connectivity index (χ1v) is 10.2. The van der Waals surface area contributed by atoms with Gasteiger partial charge in [-0.05, 0) is 83.8 Å². The Kier molecular flexibility index (Phi) is 4.93. The number of nitrogens with zero attached hydrogens (tertiary/aromatic N) is 2. The topological polar surface area (TPSA) is 32.8 Å². The Balaban J connectivity index is 1.67. The highest BCUT2D eigenvalue weighted by Crippen LogP contribution is 2.52. The maximum atomic E-state index is 12.4. The molecule has 0 bridgehead atoms. The molecule has 1 aliphatic carbocycles. The third kappa shape index (κ3) is 3.72. The van der Waals surface area contributed by atoms with Gasteiger partial charge in [-0.25, -0.2) is 4.79 Å². The van der Waals surface area contributed by atoms with Gasteiger partial charge in [-0.3, -0.25) is 4.90 Å². The van der Waals surface area contributed by atoms with Crippen molar-refractivity contribution in [1.29, 1.82) is 0 Å². The minimum atomic E-state index is -0.418. The van der Waals surface area contributed by atoms with Crippen molar-refractivity contribution in [3.05, 3.63) is 22.4 Å². The van der Waals surface area contributed by atoms with Crippen molar-refractivity contribution >= 4 is 17.4 Å². The number of rotatable bonds is 2. The summed E-state index contributed by atoms with van der Waals surface area (Å²) in [5.41, 5.74) is 0.0328. The van der Waals surface area contributed by atoms with E-state index in [2.05, 4.69) is 36.5 Å². The number of ether oxygens (including phenoxy) is 1. The van der Waals surface area contributed by atoms with Crippen molar-refractivity contribution in [3.8, 4) is 0 Å². The molecule has 2 heterocycles. The molecular formula is C20H32N2O2S. The van der Waals surface area contributed by atoms with Gasteiger partial charge in [-0.2, -0.15) is 0 Å². The van der Waals surface area contributed by atoms with Crippen LogP contribution in [0.3, 0.4) is 0 Å². The molecule has 25 heavy (non-hydrogen) atoms. The maximum Gasteiger partial charge on any atom is 0.410 e. The van der Waals surface area contributed by atoms with Crippen molar-refractivity contribution in [3.63, 3.8) is 0 Å². The van der Waals surface area contributed by atoms with Crippen LogP contribution in [0.15, 0.2) is 17.5 Å². The zero-order valence-electron chi connectivity index (χ0n) is 16.3. The van der Waals surface area contributed by atoms with Crippen molar-refractivity contribution in [2.75, 3.05) is 27.2 Å². The second-order valence-corrected chi connectivity index (χ2v) is 10.0. The van der Waals surface area contributed by atoms with Crippen LogP contribution in [0.5, 0.6) is 0 Å². The number of thiophene rings is 1. The predicted octanol–water partition coefficient (Wildman–Crippen LogP) is 4.71. The normalized spacial score (nSPS) is 30.2. The van der Waals surface area contributed by atoms with E-state index in [0.717, 1.165) is 19.5 Å². The minimum absolute atomic E-state index is 0.146. The smallest absolute Gasteiger partial charge is 0.410 e. The molecule has 0 aromatic carbocycles. The van der Waals surface area contributed by atoms with Gasteiger partial charge in [0.2, 0.25) is 0 Å². The van der Waals surface area contributed by atoms with Crippen LogP contribution in [0.2, 0.25) is 0 Å². The first-order chi connectivity index (χ1) is 11.7. The first-order valence-electron chi connectivity index (χ1n) is 9.35. The molecule has 3 rings (SSSR count). The molecule has 2 aliphatic rings. The number of carbonyl (C=O) groups is 1. The van der Waals surface area contributed by atoms with E-state index >= 15 is 0 Å². The summed E-state index contributed by atoms with van der Waals surface area (Å²) in [5.74, 6) is 0. The highest BCUT2D eigenvalue weighted by atomic mass is 32.1. The Morgan fingerprint density at radius 3 is 2.40 bits per heavy atom. The molecule has 140 valence electrons. The van der Waals surface area contributed by atoms with Gasteiger partial charge in [0.05, 0.1) is 5.54 Å². The summed E-state index contributed by atoms with van der Waals surface area (Å²) in [4.78, 5) is 18.2. The molecule has 4 nitrogen and oxygen atoms in total. The minimum Gasteiger partial charge on any atom is -0.444 e. The molecular weight excluding hydrogens is 332 g/mol. The molecule has 5 heteroatoms. The molecule has 2 fully saturated rings. The predicted molar refractivity (Wildman–Crippen MR) is 103 cm³/mol. The molecule has 0 atom stereocenters. The van der Waals surface area contributed by atoms with Gasteiger partial charge in [0.1, 0.15) is 5.60 Å². The quantitative estimate of drug-likeness (QED) is 0.762. The van der Waals surface area contributed by atoms with E-state index in [9.17, 15) is 4.79 Å². The zero-order chi connectivity index (χ0) is 18.3. The summed E-state index contributed by atoms with van der Waals surface area (Å²) in [7, 11) is 4.42. The Labute approximate surface area is 156 Å². The molecule has 1 aliphatic heterocycles. The largest absolute Gasteiger partial charge is 0.444 e. The number of likely N-dealkylation sites (tertiary alicyclic amines) is 1. The van der Waals surface area contributed by atoms with E-state index < -0.39 is 5.60 Å². The molecule has 1 aromatic heterocycles. The van der Waals surface area contributed by atoms with E-state index in [1.165, 1.54) is 30.6 Å². The van der Waals surface area contributed by atoms with Gasteiger partial charge in [-0.15, -0.1) is 11.3 Å². The summed E-state index contributed by atoms with van der Waals surface area (Å²) in [6.45, 7) is 7.50. The third-order valence-corrected chi connectivity index (χ3v) is 7.13. The summed E-state index contributed by atoms with van der Waals surface area (Å²) in [6.07, 6.45) is 5.67. The lowest BCUT2D eigenvalue weighted by Gasteiger charge is -2.48. The molecule has 1 spiro atoms. The Hall–Kier alpha value is -1.07. The second kappa shape index (κ2) is 6.58. The Morgan fingerprint density at radius 2 is 1.88 bits per heavy atom. The van der Waals surface area contributed by atoms with Crippen LogP contribution in [0.4, 0.5) is 4.79 Å². The van der Waals surface area contributed by atoms with Gasteiger partial charge < -0.3 is 9.64 Å². The van der Waals surface area contributed by atoms with E-state index in [0.29, 0.717) is 0 Å². The van der Waals surface area contributed by atoms with E-state index in [4.69, 9.17) is 4.74 Å². The van der Waals surface area contributed by atoms with Crippen molar-refractivity contribution in [2.45, 2.75) is 64.0 Å². The average Bonchev–Trinajstić information content (AvgIpc) is 3.17. The van der Waals surface area contributed by atoms with Gasteiger partial charge in [0.15, 0.2) is 0 Å². The fraction of sp³-hybridized carbons (Fsp3) is 0.750. The molecule has 0 radical (unpaired) electrons. The lowest BCUT2D eigenvalue weighted by atomic mass is 9.66. The lowest BCUT2D eigenvalue weighted by Crippen LogP contribution is -2.47. The van der Waals surface area contributed by atoms with Crippen LogP contribution in [-0.4, -0.2) is 48.7 Å². The molecule has 0 unspecified atom stereocenters. The molecule has 1 saturated carbocycles. The Morgan fingerprint density at radius 1 is 1.20 bits per heavy atom. The highest BCUT2D eigenvalue weighted by Gasteiger charge is 2.49. The van der Waals surface area contributed by atoms with Gasteiger partial charge in [0, 0.05) is 18.0 Å². The number of carbonyl (C=O) groups excluding carboxylic acids is 1.